The first-order valence-electron chi connectivity index (χ1n) is 9.16. The maximum Gasteiger partial charge on any atom is 0.417 e. The van der Waals surface area contributed by atoms with Gasteiger partial charge in [-0.15, -0.1) is 0 Å². The molecular formula is C20H20F3N3O3S. The SMILES string of the molecule is O=C(CCNS(=O)(=O)c1ccccc1C(F)(F)F)NCCc1c[nH]c2ccccc12. The number of hydrogen-bond donors (Lipinski definition) is 3. The van der Waals surface area contributed by atoms with Crippen molar-refractivity contribution in [1.82, 2.24) is 15.0 Å². The summed E-state index contributed by atoms with van der Waals surface area (Å²) >= 11 is 0. The molecule has 2 aromatic carbocycles. The van der Waals surface area contributed by atoms with E-state index >= 15 is 0 Å². The van der Waals surface area contributed by atoms with Crippen LogP contribution in [0.25, 0.3) is 10.9 Å². The van der Waals surface area contributed by atoms with Gasteiger partial charge in [0.2, 0.25) is 15.9 Å². The number of para-hydroxylation sites is 1. The van der Waals surface area contributed by atoms with Crippen LogP contribution in [-0.4, -0.2) is 32.4 Å². The summed E-state index contributed by atoms with van der Waals surface area (Å²) in [5.74, 6) is -0.401. The van der Waals surface area contributed by atoms with Gasteiger partial charge in [-0.1, -0.05) is 30.3 Å². The van der Waals surface area contributed by atoms with Gasteiger partial charge in [-0.2, -0.15) is 13.2 Å². The molecule has 3 aromatic rings. The van der Waals surface area contributed by atoms with Crippen LogP contribution in [0.3, 0.4) is 0 Å². The summed E-state index contributed by atoms with van der Waals surface area (Å²) < 4.78 is 65.6. The van der Waals surface area contributed by atoms with Crippen molar-refractivity contribution in [2.45, 2.75) is 23.9 Å². The van der Waals surface area contributed by atoms with Crippen molar-refractivity contribution in [3.8, 4) is 0 Å². The number of benzene rings is 2. The van der Waals surface area contributed by atoms with Gasteiger partial charge in [0, 0.05) is 36.6 Å². The first kappa shape index (κ1) is 21.8. The number of rotatable bonds is 8. The fourth-order valence-corrected chi connectivity index (χ4v) is 4.33. The molecular weight excluding hydrogens is 419 g/mol. The number of hydrogen-bond acceptors (Lipinski definition) is 3. The van der Waals surface area contributed by atoms with E-state index in [9.17, 15) is 26.4 Å². The Morgan fingerprint density at radius 3 is 2.47 bits per heavy atom. The van der Waals surface area contributed by atoms with Crippen LogP contribution in [0.4, 0.5) is 13.2 Å². The van der Waals surface area contributed by atoms with Crippen molar-refractivity contribution in [3.05, 3.63) is 65.9 Å². The van der Waals surface area contributed by atoms with Crippen LogP contribution >= 0.6 is 0 Å². The van der Waals surface area contributed by atoms with Gasteiger partial charge in [0.15, 0.2) is 0 Å². The lowest BCUT2D eigenvalue weighted by molar-refractivity contribution is -0.139. The van der Waals surface area contributed by atoms with Crippen molar-refractivity contribution in [2.24, 2.45) is 0 Å². The van der Waals surface area contributed by atoms with Gasteiger partial charge in [-0.05, 0) is 30.2 Å². The highest BCUT2D eigenvalue weighted by atomic mass is 32.2. The van der Waals surface area contributed by atoms with Gasteiger partial charge >= 0.3 is 6.18 Å². The molecule has 0 saturated carbocycles. The number of fused-ring (bicyclic) bond motifs is 1. The highest BCUT2D eigenvalue weighted by Gasteiger charge is 2.36. The first-order chi connectivity index (χ1) is 14.2. The van der Waals surface area contributed by atoms with E-state index in [4.69, 9.17) is 0 Å². The number of carbonyl (C=O) groups is 1. The molecule has 0 aliphatic carbocycles. The molecule has 160 valence electrons. The van der Waals surface area contributed by atoms with Crippen molar-refractivity contribution in [2.75, 3.05) is 13.1 Å². The largest absolute Gasteiger partial charge is 0.417 e. The fourth-order valence-electron chi connectivity index (χ4n) is 3.08. The lowest BCUT2D eigenvalue weighted by Gasteiger charge is -2.13. The Balaban J connectivity index is 1.50. The van der Waals surface area contributed by atoms with Gasteiger partial charge < -0.3 is 10.3 Å². The molecule has 0 saturated heterocycles. The molecule has 0 radical (unpaired) electrons. The van der Waals surface area contributed by atoms with E-state index in [1.54, 1.807) is 0 Å². The summed E-state index contributed by atoms with van der Waals surface area (Å²) in [6.45, 7) is 0.0395. The Bertz CT molecular complexity index is 1140. The molecule has 6 nitrogen and oxygen atoms in total. The first-order valence-corrected chi connectivity index (χ1v) is 10.6. The van der Waals surface area contributed by atoms with Crippen LogP contribution in [-0.2, 0) is 27.4 Å². The second-order valence-corrected chi connectivity index (χ2v) is 8.34. The Morgan fingerprint density at radius 2 is 1.70 bits per heavy atom. The number of halogens is 3. The number of aromatic amines is 1. The zero-order chi connectivity index (χ0) is 21.8. The Morgan fingerprint density at radius 1 is 1.00 bits per heavy atom. The molecule has 3 rings (SSSR count). The summed E-state index contributed by atoms with van der Waals surface area (Å²) in [6.07, 6.45) is -2.55. The molecule has 10 heteroatoms. The van der Waals surface area contributed by atoms with E-state index in [-0.39, 0.29) is 13.0 Å². The summed E-state index contributed by atoms with van der Waals surface area (Å²) in [4.78, 5) is 14.2. The minimum Gasteiger partial charge on any atom is -0.361 e. The summed E-state index contributed by atoms with van der Waals surface area (Å²) in [7, 11) is -4.40. The highest BCUT2D eigenvalue weighted by molar-refractivity contribution is 7.89. The third kappa shape index (κ3) is 5.19. The van der Waals surface area contributed by atoms with E-state index in [2.05, 4.69) is 15.0 Å². The van der Waals surface area contributed by atoms with Crippen LogP contribution < -0.4 is 10.0 Å². The number of nitrogens with one attached hydrogen (secondary N) is 3. The monoisotopic (exact) mass is 439 g/mol. The molecule has 1 aromatic heterocycles. The number of alkyl halides is 3. The summed E-state index contributed by atoms with van der Waals surface area (Å²) in [5.41, 5.74) is 0.781. The number of carbonyl (C=O) groups excluding carboxylic acids is 1. The number of amides is 1. The van der Waals surface area contributed by atoms with E-state index in [0.29, 0.717) is 19.0 Å². The second-order valence-electron chi connectivity index (χ2n) is 6.60. The second kappa shape index (κ2) is 8.88. The number of sulfonamides is 1. The minimum atomic E-state index is -4.80. The molecule has 3 N–H and O–H groups in total. The van der Waals surface area contributed by atoms with Gasteiger partial charge in [0.1, 0.15) is 0 Å². The van der Waals surface area contributed by atoms with Crippen LogP contribution in [0.2, 0.25) is 0 Å². The average Bonchev–Trinajstić information content (AvgIpc) is 3.10. The van der Waals surface area contributed by atoms with Crippen LogP contribution in [0.1, 0.15) is 17.5 Å². The van der Waals surface area contributed by atoms with E-state index in [1.165, 1.54) is 6.07 Å². The predicted molar refractivity (Wildman–Crippen MR) is 106 cm³/mol. The Hall–Kier alpha value is -2.85. The van der Waals surface area contributed by atoms with E-state index in [0.717, 1.165) is 28.6 Å². The Labute approximate surface area is 171 Å². The smallest absolute Gasteiger partial charge is 0.361 e. The molecule has 30 heavy (non-hydrogen) atoms. The zero-order valence-corrected chi connectivity index (χ0v) is 16.6. The van der Waals surface area contributed by atoms with Crippen LogP contribution in [0, 0.1) is 0 Å². The topological polar surface area (TPSA) is 91.1 Å². The molecule has 1 amide bonds. The van der Waals surface area contributed by atoms with E-state index < -0.39 is 32.6 Å². The molecule has 0 aliphatic heterocycles. The molecule has 1 heterocycles. The summed E-state index contributed by atoms with van der Waals surface area (Å²) in [6, 6.07) is 11.7. The van der Waals surface area contributed by atoms with E-state index in [1.807, 2.05) is 30.5 Å². The van der Waals surface area contributed by atoms with Crippen molar-refractivity contribution in [3.63, 3.8) is 0 Å². The van der Waals surface area contributed by atoms with Crippen molar-refractivity contribution >= 4 is 26.8 Å². The van der Waals surface area contributed by atoms with Crippen LogP contribution in [0.15, 0.2) is 59.6 Å². The number of H-pyrrole nitrogens is 1. The fraction of sp³-hybridized carbons (Fsp3) is 0.250. The third-order valence-corrected chi connectivity index (χ3v) is 6.04. The average molecular weight is 439 g/mol. The van der Waals surface area contributed by atoms with Crippen molar-refractivity contribution < 1.29 is 26.4 Å². The minimum absolute atomic E-state index is 0.193. The molecule has 0 aliphatic rings. The van der Waals surface area contributed by atoms with Gasteiger partial charge in [0.05, 0.1) is 10.5 Å². The maximum absolute atomic E-state index is 13.0. The lowest BCUT2D eigenvalue weighted by Crippen LogP contribution is -2.32. The Kier molecular flexibility index (Phi) is 6.47. The normalized spacial score (nSPS) is 12.2. The maximum atomic E-state index is 13.0. The van der Waals surface area contributed by atoms with Gasteiger partial charge in [-0.25, -0.2) is 13.1 Å². The highest BCUT2D eigenvalue weighted by Crippen LogP contribution is 2.33. The molecule has 0 unspecified atom stereocenters. The summed E-state index contributed by atoms with van der Waals surface area (Å²) in [5, 5.41) is 3.74. The van der Waals surface area contributed by atoms with Crippen LogP contribution in [0.5, 0.6) is 0 Å². The quantitative estimate of drug-likeness (QED) is 0.503. The molecule has 0 spiro atoms. The van der Waals surface area contributed by atoms with Gasteiger partial charge in [0.25, 0.3) is 0 Å². The molecule has 0 bridgehead atoms. The van der Waals surface area contributed by atoms with Gasteiger partial charge in [-0.3, -0.25) is 4.79 Å². The third-order valence-electron chi connectivity index (χ3n) is 4.52. The lowest BCUT2D eigenvalue weighted by atomic mass is 10.1. The predicted octanol–water partition coefficient (Wildman–Crippen LogP) is 3.21. The standard InChI is InChI=1S/C20H20F3N3O3S/c21-20(22,23)16-6-2-4-8-18(16)30(28,29)26-12-10-19(27)24-11-9-14-13-25-17-7-3-1-5-15(14)17/h1-8,13,25-26H,9-12H2,(H,24,27). The van der Waals surface area contributed by atoms with Crippen molar-refractivity contribution in [1.29, 1.82) is 0 Å². The molecule has 0 fully saturated rings. The number of aromatic nitrogens is 1. The zero-order valence-electron chi connectivity index (χ0n) is 15.8. The molecule has 0 atom stereocenters.